The summed E-state index contributed by atoms with van der Waals surface area (Å²) < 4.78 is 0. The van der Waals surface area contributed by atoms with Crippen LogP contribution in [0.3, 0.4) is 0 Å². The van der Waals surface area contributed by atoms with Gasteiger partial charge in [0, 0.05) is 54.9 Å². The maximum absolute atomic E-state index is 4.55. The van der Waals surface area contributed by atoms with Gasteiger partial charge in [-0.25, -0.2) is 4.98 Å². The molecular weight excluding hydrogens is 296 g/mol. The van der Waals surface area contributed by atoms with Gasteiger partial charge in [0.15, 0.2) is 0 Å². The van der Waals surface area contributed by atoms with Crippen molar-refractivity contribution in [1.82, 2.24) is 19.8 Å². The zero-order valence-electron chi connectivity index (χ0n) is 15.3. The van der Waals surface area contributed by atoms with E-state index in [1.165, 1.54) is 62.1 Å². The first-order valence-electron chi connectivity index (χ1n) is 9.45. The Kier molecular flexibility index (Phi) is 4.13. The molecular formula is C20H30N4. The Morgan fingerprint density at radius 1 is 1.21 bits per heavy atom. The van der Waals surface area contributed by atoms with Crippen LogP contribution < -0.4 is 0 Å². The summed E-state index contributed by atoms with van der Waals surface area (Å²) in [5.41, 5.74) is 3.95. The monoisotopic (exact) mass is 326 g/mol. The molecule has 4 heteroatoms. The summed E-state index contributed by atoms with van der Waals surface area (Å²) in [7, 11) is 0. The third kappa shape index (κ3) is 2.98. The lowest BCUT2D eigenvalue weighted by molar-refractivity contribution is 0.0456. The Labute approximate surface area is 145 Å². The van der Waals surface area contributed by atoms with Crippen LogP contribution in [0.2, 0.25) is 0 Å². The molecule has 4 rings (SSSR count). The van der Waals surface area contributed by atoms with Crippen LogP contribution in [0.5, 0.6) is 0 Å². The summed E-state index contributed by atoms with van der Waals surface area (Å²) in [4.78, 5) is 13.5. The van der Waals surface area contributed by atoms with Crippen molar-refractivity contribution in [3.05, 3.63) is 29.6 Å². The number of hydrogen-bond donors (Lipinski definition) is 1. The van der Waals surface area contributed by atoms with E-state index in [0.29, 0.717) is 0 Å². The fourth-order valence-electron chi connectivity index (χ4n) is 4.47. The molecule has 0 amide bonds. The van der Waals surface area contributed by atoms with Gasteiger partial charge in [-0.3, -0.25) is 9.80 Å². The molecule has 4 heterocycles. The number of nitrogens with zero attached hydrogens (tertiary/aromatic N) is 3. The standard InChI is InChI=1S/C20H30N4/c1-20(2,3)18-17(16-8-6-9-21-19(16)22-18)14-23-11-12-24-10-5-4-7-15(24)13-23/h6,8-9,15H,4-5,7,10-14H2,1-3H3,(H,21,22)/t15-/m0/s1. The maximum atomic E-state index is 4.55. The van der Waals surface area contributed by atoms with E-state index in [4.69, 9.17) is 0 Å². The molecule has 2 aliphatic rings. The van der Waals surface area contributed by atoms with Gasteiger partial charge in [-0.2, -0.15) is 0 Å². The number of aromatic amines is 1. The second-order valence-corrected chi connectivity index (χ2v) is 8.55. The van der Waals surface area contributed by atoms with Crippen molar-refractivity contribution in [3.63, 3.8) is 0 Å². The molecule has 130 valence electrons. The molecule has 0 unspecified atom stereocenters. The zero-order chi connectivity index (χ0) is 16.7. The summed E-state index contributed by atoms with van der Waals surface area (Å²) in [5, 5.41) is 1.30. The Morgan fingerprint density at radius 3 is 2.92 bits per heavy atom. The van der Waals surface area contributed by atoms with Crippen molar-refractivity contribution in [3.8, 4) is 0 Å². The van der Waals surface area contributed by atoms with E-state index in [-0.39, 0.29) is 5.41 Å². The predicted octanol–water partition coefficient (Wildman–Crippen LogP) is 3.53. The van der Waals surface area contributed by atoms with Crippen molar-refractivity contribution < 1.29 is 0 Å². The van der Waals surface area contributed by atoms with E-state index in [2.05, 4.69) is 52.7 Å². The molecule has 2 fully saturated rings. The largest absolute Gasteiger partial charge is 0.342 e. The van der Waals surface area contributed by atoms with Crippen molar-refractivity contribution in [2.24, 2.45) is 0 Å². The number of nitrogens with one attached hydrogen (secondary N) is 1. The molecule has 0 aliphatic carbocycles. The highest BCUT2D eigenvalue weighted by molar-refractivity contribution is 5.81. The smallest absolute Gasteiger partial charge is 0.137 e. The average Bonchev–Trinajstić information content (AvgIpc) is 2.94. The quantitative estimate of drug-likeness (QED) is 0.917. The van der Waals surface area contributed by atoms with Crippen LogP contribution in [0.25, 0.3) is 11.0 Å². The van der Waals surface area contributed by atoms with E-state index in [1.54, 1.807) is 0 Å². The first kappa shape index (κ1) is 16.1. The summed E-state index contributed by atoms with van der Waals surface area (Å²) in [6.07, 6.45) is 6.05. The van der Waals surface area contributed by atoms with Crippen LogP contribution in [0.1, 0.15) is 51.3 Å². The lowest BCUT2D eigenvalue weighted by Crippen LogP contribution is -2.54. The molecule has 4 nitrogen and oxygen atoms in total. The van der Waals surface area contributed by atoms with Crippen LogP contribution in [-0.4, -0.2) is 52.0 Å². The molecule has 2 aliphatic heterocycles. The number of fused-ring (bicyclic) bond motifs is 2. The van der Waals surface area contributed by atoms with Crippen molar-refractivity contribution >= 4 is 11.0 Å². The van der Waals surface area contributed by atoms with Crippen LogP contribution in [0, 0.1) is 0 Å². The summed E-state index contributed by atoms with van der Waals surface area (Å²) in [5.74, 6) is 0. The Bertz CT molecular complexity index is 712. The molecule has 2 aromatic rings. The van der Waals surface area contributed by atoms with Gasteiger partial charge in [-0.05, 0) is 37.1 Å². The highest BCUT2D eigenvalue weighted by atomic mass is 15.3. The van der Waals surface area contributed by atoms with E-state index >= 15 is 0 Å². The number of piperidine rings is 1. The second-order valence-electron chi connectivity index (χ2n) is 8.55. The summed E-state index contributed by atoms with van der Waals surface area (Å²) >= 11 is 0. The molecule has 0 radical (unpaired) electrons. The number of H-pyrrole nitrogens is 1. The van der Waals surface area contributed by atoms with Gasteiger partial charge >= 0.3 is 0 Å². The predicted molar refractivity (Wildman–Crippen MR) is 99.3 cm³/mol. The van der Waals surface area contributed by atoms with Gasteiger partial charge in [0.25, 0.3) is 0 Å². The molecule has 24 heavy (non-hydrogen) atoms. The SMILES string of the molecule is CC(C)(C)c1[nH]c2ncccc2c1CN1CCN2CCCC[C@H]2C1. The van der Waals surface area contributed by atoms with Gasteiger partial charge in [0.1, 0.15) is 5.65 Å². The Hall–Kier alpha value is -1.39. The fraction of sp³-hybridized carbons (Fsp3) is 0.650. The van der Waals surface area contributed by atoms with Crippen molar-refractivity contribution in [2.75, 3.05) is 26.2 Å². The van der Waals surface area contributed by atoms with E-state index in [9.17, 15) is 0 Å². The number of piperazine rings is 1. The normalized spacial score (nSPS) is 23.5. The molecule has 1 atom stereocenters. The number of hydrogen-bond acceptors (Lipinski definition) is 3. The first-order chi connectivity index (χ1) is 11.5. The summed E-state index contributed by atoms with van der Waals surface area (Å²) in [6.45, 7) is 12.9. The van der Waals surface area contributed by atoms with Crippen molar-refractivity contribution in [2.45, 2.75) is 58.0 Å². The number of pyridine rings is 1. The third-order valence-corrected chi connectivity index (χ3v) is 5.73. The molecule has 0 bridgehead atoms. The van der Waals surface area contributed by atoms with Crippen LogP contribution in [-0.2, 0) is 12.0 Å². The molecule has 0 spiro atoms. The van der Waals surface area contributed by atoms with Crippen molar-refractivity contribution in [1.29, 1.82) is 0 Å². The van der Waals surface area contributed by atoms with Crippen LogP contribution in [0.4, 0.5) is 0 Å². The number of aromatic nitrogens is 2. The number of rotatable bonds is 2. The van der Waals surface area contributed by atoms with E-state index in [1.807, 2.05) is 6.20 Å². The highest BCUT2D eigenvalue weighted by Crippen LogP contribution is 2.32. The van der Waals surface area contributed by atoms with Crippen LogP contribution in [0.15, 0.2) is 18.3 Å². The first-order valence-corrected chi connectivity index (χ1v) is 9.45. The van der Waals surface area contributed by atoms with Gasteiger partial charge in [-0.15, -0.1) is 0 Å². The molecule has 2 aromatic heterocycles. The van der Waals surface area contributed by atoms with Crippen LogP contribution >= 0.6 is 0 Å². The summed E-state index contributed by atoms with van der Waals surface area (Å²) in [6, 6.07) is 5.06. The Morgan fingerprint density at radius 2 is 2.08 bits per heavy atom. The second kappa shape index (κ2) is 6.16. The van der Waals surface area contributed by atoms with Gasteiger partial charge in [0.05, 0.1) is 0 Å². The minimum Gasteiger partial charge on any atom is -0.342 e. The minimum atomic E-state index is 0.114. The lowest BCUT2D eigenvalue weighted by Gasteiger charge is -2.44. The topological polar surface area (TPSA) is 35.2 Å². The molecule has 2 saturated heterocycles. The van der Waals surface area contributed by atoms with Gasteiger partial charge in [0.2, 0.25) is 0 Å². The van der Waals surface area contributed by atoms with E-state index < -0.39 is 0 Å². The molecule has 0 saturated carbocycles. The minimum absolute atomic E-state index is 0.114. The zero-order valence-corrected chi connectivity index (χ0v) is 15.3. The average molecular weight is 326 g/mol. The molecule has 0 aromatic carbocycles. The maximum Gasteiger partial charge on any atom is 0.137 e. The Balaban J connectivity index is 1.62. The van der Waals surface area contributed by atoms with Gasteiger partial charge in [-0.1, -0.05) is 27.2 Å². The third-order valence-electron chi connectivity index (χ3n) is 5.73. The van der Waals surface area contributed by atoms with E-state index in [0.717, 1.165) is 18.2 Å². The lowest BCUT2D eigenvalue weighted by atomic mass is 9.88. The highest BCUT2D eigenvalue weighted by Gasteiger charge is 2.30. The fourth-order valence-corrected chi connectivity index (χ4v) is 4.47. The van der Waals surface area contributed by atoms with Gasteiger partial charge < -0.3 is 4.98 Å². The molecule has 1 N–H and O–H groups in total.